The van der Waals surface area contributed by atoms with Crippen molar-refractivity contribution in [3.05, 3.63) is 30.1 Å². The van der Waals surface area contributed by atoms with Gasteiger partial charge in [-0.15, -0.1) is 0 Å². The van der Waals surface area contributed by atoms with Gasteiger partial charge in [0, 0.05) is 30.8 Å². The standard InChI is InChI=1S/C18H28N2O/c1-13(2)16-8-7-14(3)12-17(16)18(21)20-11-9-15-6-4-5-10-19-15/h4-6,10,13-14,16-17H,7-9,11-12H2,1-3H3,(H,20,21)/t14-,16?,17-/m1/s1. The van der Waals surface area contributed by atoms with Crippen LogP contribution in [-0.4, -0.2) is 17.4 Å². The third kappa shape index (κ3) is 4.55. The lowest BCUT2D eigenvalue weighted by molar-refractivity contribution is -0.129. The molecule has 3 nitrogen and oxygen atoms in total. The quantitative estimate of drug-likeness (QED) is 0.901. The zero-order valence-electron chi connectivity index (χ0n) is 13.5. The molecule has 1 aromatic heterocycles. The Morgan fingerprint density at radius 3 is 2.86 bits per heavy atom. The van der Waals surface area contributed by atoms with Gasteiger partial charge in [0.15, 0.2) is 0 Å². The molecule has 1 amide bonds. The number of nitrogens with zero attached hydrogens (tertiary/aromatic N) is 1. The fourth-order valence-electron chi connectivity index (χ4n) is 3.49. The summed E-state index contributed by atoms with van der Waals surface area (Å²) in [6.07, 6.45) is 6.10. The van der Waals surface area contributed by atoms with Crippen molar-refractivity contribution in [2.24, 2.45) is 23.7 Å². The molecule has 1 unspecified atom stereocenters. The lowest BCUT2D eigenvalue weighted by Gasteiger charge is -2.36. The molecule has 2 rings (SSSR count). The van der Waals surface area contributed by atoms with Crippen LogP contribution in [0, 0.1) is 23.7 Å². The van der Waals surface area contributed by atoms with Crippen molar-refractivity contribution < 1.29 is 4.79 Å². The first-order chi connectivity index (χ1) is 10.1. The van der Waals surface area contributed by atoms with E-state index in [0.717, 1.165) is 18.5 Å². The topological polar surface area (TPSA) is 42.0 Å². The van der Waals surface area contributed by atoms with Crippen LogP contribution in [0.3, 0.4) is 0 Å². The van der Waals surface area contributed by atoms with Gasteiger partial charge in [-0.3, -0.25) is 9.78 Å². The minimum absolute atomic E-state index is 0.192. The molecule has 0 saturated heterocycles. The van der Waals surface area contributed by atoms with Gasteiger partial charge in [0.25, 0.3) is 0 Å². The molecule has 0 spiro atoms. The Hall–Kier alpha value is -1.38. The second-order valence-electron chi connectivity index (χ2n) is 6.79. The van der Waals surface area contributed by atoms with Crippen LogP contribution in [0.15, 0.2) is 24.4 Å². The summed E-state index contributed by atoms with van der Waals surface area (Å²) in [5.41, 5.74) is 1.04. The van der Waals surface area contributed by atoms with Crippen molar-refractivity contribution in [2.45, 2.75) is 46.5 Å². The van der Waals surface area contributed by atoms with Crippen molar-refractivity contribution in [1.29, 1.82) is 0 Å². The second kappa shape index (κ2) is 7.58. The van der Waals surface area contributed by atoms with Crippen LogP contribution >= 0.6 is 0 Å². The summed E-state index contributed by atoms with van der Waals surface area (Å²) < 4.78 is 0. The zero-order chi connectivity index (χ0) is 15.2. The van der Waals surface area contributed by atoms with Crippen LogP contribution in [-0.2, 0) is 11.2 Å². The summed E-state index contributed by atoms with van der Waals surface area (Å²) >= 11 is 0. The van der Waals surface area contributed by atoms with E-state index in [1.54, 1.807) is 6.20 Å². The maximum absolute atomic E-state index is 12.5. The highest BCUT2D eigenvalue weighted by molar-refractivity contribution is 5.79. The Kier molecular flexibility index (Phi) is 5.77. The first kappa shape index (κ1) is 16.0. The minimum Gasteiger partial charge on any atom is -0.355 e. The van der Waals surface area contributed by atoms with E-state index in [0.29, 0.717) is 24.3 Å². The molecule has 3 atom stereocenters. The summed E-state index contributed by atoms with van der Waals surface area (Å²) in [5.74, 6) is 2.24. The molecule has 0 aromatic carbocycles. The SMILES string of the molecule is CC(C)C1CC[C@@H](C)C[C@H]1C(=O)NCCc1ccccn1. The van der Waals surface area contributed by atoms with Crippen LogP contribution in [0.5, 0.6) is 0 Å². The Balaban J connectivity index is 1.85. The molecule has 0 aliphatic heterocycles. The number of nitrogens with one attached hydrogen (secondary N) is 1. The number of rotatable bonds is 5. The zero-order valence-corrected chi connectivity index (χ0v) is 13.5. The van der Waals surface area contributed by atoms with Crippen LogP contribution in [0.2, 0.25) is 0 Å². The van der Waals surface area contributed by atoms with E-state index in [9.17, 15) is 4.79 Å². The van der Waals surface area contributed by atoms with E-state index < -0.39 is 0 Å². The largest absolute Gasteiger partial charge is 0.355 e. The number of amides is 1. The summed E-state index contributed by atoms with van der Waals surface area (Å²) in [7, 11) is 0. The minimum atomic E-state index is 0.192. The smallest absolute Gasteiger partial charge is 0.223 e. The van der Waals surface area contributed by atoms with Gasteiger partial charge in [0.1, 0.15) is 0 Å². The van der Waals surface area contributed by atoms with Crippen molar-refractivity contribution in [3.8, 4) is 0 Å². The molecule has 1 aliphatic rings. The molecule has 21 heavy (non-hydrogen) atoms. The molecule has 1 saturated carbocycles. The summed E-state index contributed by atoms with van der Waals surface area (Å²) in [5, 5.41) is 3.13. The van der Waals surface area contributed by atoms with E-state index in [2.05, 4.69) is 31.1 Å². The lowest BCUT2D eigenvalue weighted by atomic mass is 9.70. The first-order valence-corrected chi connectivity index (χ1v) is 8.25. The Labute approximate surface area is 128 Å². The molecule has 1 aliphatic carbocycles. The third-order valence-electron chi connectivity index (χ3n) is 4.77. The van der Waals surface area contributed by atoms with Gasteiger partial charge in [-0.25, -0.2) is 0 Å². The van der Waals surface area contributed by atoms with Crippen molar-refractivity contribution in [2.75, 3.05) is 6.54 Å². The fraction of sp³-hybridized carbons (Fsp3) is 0.667. The lowest BCUT2D eigenvalue weighted by Crippen LogP contribution is -2.40. The van der Waals surface area contributed by atoms with E-state index in [-0.39, 0.29) is 11.8 Å². The molecule has 116 valence electrons. The normalized spacial score (nSPS) is 25.8. The highest BCUT2D eigenvalue weighted by Crippen LogP contribution is 2.37. The fourth-order valence-corrected chi connectivity index (χ4v) is 3.49. The molecular weight excluding hydrogens is 260 g/mol. The Morgan fingerprint density at radius 1 is 1.38 bits per heavy atom. The summed E-state index contributed by atoms with van der Waals surface area (Å²) in [6, 6.07) is 5.91. The molecule has 1 N–H and O–H groups in total. The molecule has 0 radical (unpaired) electrons. The number of aromatic nitrogens is 1. The van der Waals surface area contributed by atoms with Gasteiger partial charge in [0.2, 0.25) is 5.91 Å². The molecule has 3 heteroatoms. The predicted octanol–water partition coefficient (Wildman–Crippen LogP) is 3.45. The Morgan fingerprint density at radius 2 is 2.19 bits per heavy atom. The summed E-state index contributed by atoms with van der Waals surface area (Å²) in [6.45, 7) is 7.44. The number of hydrogen-bond donors (Lipinski definition) is 1. The average Bonchev–Trinajstić information content (AvgIpc) is 2.47. The molecule has 1 fully saturated rings. The van der Waals surface area contributed by atoms with E-state index in [1.165, 1.54) is 12.8 Å². The molecular formula is C18H28N2O. The number of carbonyl (C=O) groups is 1. The van der Waals surface area contributed by atoms with E-state index in [4.69, 9.17) is 0 Å². The van der Waals surface area contributed by atoms with Crippen LogP contribution in [0.25, 0.3) is 0 Å². The molecule has 1 heterocycles. The van der Waals surface area contributed by atoms with Crippen LogP contribution in [0.4, 0.5) is 0 Å². The van der Waals surface area contributed by atoms with E-state index >= 15 is 0 Å². The number of carbonyl (C=O) groups excluding carboxylic acids is 1. The highest BCUT2D eigenvalue weighted by atomic mass is 16.1. The second-order valence-corrected chi connectivity index (χ2v) is 6.79. The van der Waals surface area contributed by atoms with Gasteiger partial charge >= 0.3 is 0 Å². The van der Waals surface area contributed by atoms with Gasteiger partial charge in [-0.05, 0) is 42.7 Å². The van der Waals surface area contributed by atoms with Crippen LogP contribution < -0.4 is 5.32 Å². The van der Waals surface area contributed by atoms with Gasteiger partial charge in [-0.1, -0.05) is 33.3 Å². The number of hydrogen-bond acceptors (Lipinski definition) is 2. The van der Waals surface area contributed by atoms with Gasteiger partial charge < -0.3 is 5.32 Å². The first-order valence-electron chi connectivity index (χ1n) is 8.25. The van der Waals surface area contributed by atoms with Gasteiger partial charge in [-0.2, -0.15) is 0 Å². The third-order valence-corrected chi connectivity index (χ3v) is 4.77. The van der Waals surface area contributed by atoms with Crippen LogP contribution in [0.1, 0.15) is 45.7 Å². The maximum atomic E-state index is 12.5. The van der Waals surface area contributed by atoms with Crippen molar-refractivity contribution in [3.63, 3.8) is 0 Å². The molecule has 1 aromatic rings. The monoisotopic (exact) mass is 288 g/mol. The maximum Gasteiger partial charge on any atom is 0.223 e. The Bertz CT molecular complexity index is 444. The highest BCUT2D eigenvalue weighted by Gasteiger charge is 2.35. The van der Waals surface area contributed by atoms with Crippen molar-refractivity contribution >= 4 is 5.91 Å². The summed E-state index contributed by atoms with van der Waals surface area (Å²) in [4.78, 5) is 16.8. The molecule has 0 bridgehead atoms. The van der Waals surface area contributed by atoms with Gasteiger partial charge in [0.05, 0.1) is 0 Å². The predicted molar refractivity (Wildman–Crippen MR) is 85.8 cm³/mol. The van der Waals surface area contributed by atoms with E-state index in [1.807, 2.05) is 18.2 Å². The number of pyridine rings is 1. The van der Waals surface area contributed by atoms with Crippen molar-refractivity contribution in [1.82, 2.24) is 10.3 Å². The average molecular weight is 288 g/mol.